The molecule has 0 bridgehead atoms. The molecule has 0 fully saturated rings. The minimum absolute atomic E-state index is 0. The zero-order valence-corrected chi connectivity index (χ0v) is 21.9. The van der Waals surface area contributed by atoms with E-state index in [9.17, 15) is 0 Å². The fourth-order valence-corrected chi connectivity index (χ4v) is 3.24. The fraction of sp³-hybridized carbons (Fsp3) is 0.185. The van der Waals surface area contributed by atoms with E-state index in [1.165, 1.54) is 57.6 Å². The van der Waals surface area contributed by atoms with Gasteiger partial charge in [-0.2, -0.15) is 47.5 Å². The third kappa shape index (κ3) is 7.09. The molecule has 3 aromatic carbocycles. The van der Waals surface area contributed by atoms with Crippen molar-refractivity contribution >= 4 is 16.4 Å². The van der Waals surface area contributed by atoms with Crippen LogP contribution in [0.15, 0.2) is 67.8 Å². The predicted molar refractivity (Wildman–Crippen MR) is 122 cm³/mol. The van der Waals surface area contributed by atoms with E-state index >= 15 is 0 Å². The van der Waals surface area contributed by atoms with Crippen LogP contribution >= 0.6 is 0 Å². The Bertz CT molecular complexity index is 892. The van der Waals surface area contributed by atoms with Crippen molar-refractivity contribution in [3.63, 3.8) is 0 Å². The molecule has 0 aliphatic heterocycles. The molecule has 1 aliphatic rings. The minimum Gasteiger partial charge on any atom is -1.00 e. The number of rotatable bonds is 2. The van der Waals surface area contributed by atoms with E-state index in [2.05, 4.69) is 92.7 Å². The Kier molecular flexibility index (Phi) is 12.5. The van der Waals surface area contributed by atoms with Gasteiger partial charge in [0, 0.05) is 0 Å². The van der Waals surface area contributed by atoms with E-state index in [0.29, 0.717) is 5.41 Å². The summed E-state index contributed by atoms with van der Waals surface area (Å²) in [5, 5.41) is 0. The van der Waals surface area contributed by atoms with Crippen LogP contribution in [0.3, 0.4) is 0 Å². The quantitative estimate of drug-likeness (QED) is 0.351. The zero-order chi connectivity index (χ0) is 20.7. The van der Waals surface area contributed by atoms with Crippen LogP contribution in [0.5, 0.6) is 0 Å². The molecule has 0 saturated carbocycles. The average Bonchev–Trinajstić information content (AvgIpc) is 3.37. The van der Waals surface area contributed by atoms with Gasteiger partial charge in [-0.25, -0.2) is 6.07 Å². The van der Waals surface area contributed by atoms with E-state index in [1.54, 1.807) is 0 Å². The second-order valence-electron chi connectivity index (χ2n) is 7.75. The van der Waals surface area contributed by atoms with Crippen LogP contribution in [0.4, 0.5) is 0 Å². The molecule has 156 valence electrons. The zero-order valence-electron chi connectivity index (χ0n) is 17.9. The molecular weight excluding hydrogens is 486 g/mol. The molecule has 0 heterocycles. The van der Waals surface area contributed by atoms with Gasteiger partial charge in [0.1, 0.15) is 0 Å². The molecular formula is C27H28Cl2Zr-2. The summed E-state index contributed by atoms with van der Waals surface area (Å²) >= 11 is 1.30. The molecule has 1 aliphatic carbocycles. The molecule has 3 heteroatoms. The van der Waals surface area contributed by atoms with Crippen molar-refractivity contribution < 1.29 is 49.0 Å². The van der Waals surface area contributed by atoms with Crippen molar-refractivity contribution in [2.75, 3.05) is 0 Å². The summed E-state index contributed by atoms with van der Waals surface area (Å²) in [6.45, 7) is 14.3. The Morgan fingerprint density at radius 2 is 1.60 bits per heavy atom. The van der Waals surface area contributed by atoms with Crippen LogP contribution in [-0.4, -0.2) is 4.21 Å². The molecule has 0 radical (unpaired) electrons. The first kappa shape index (κ1) is 28.6. The Labute approximate surface area is 209 Å². The summed E-state index contributed by atoms with van der Waals surface area (Å²) in [5.41, 5.74) is 9.31. The smallest absolute Gasteiger partial charge is 1.00 e. The standard InChI is InChI=1S/C17H13.C9H13.CH2.2ClH.Zr/c1-3-12-5-7-14-11-15-8-6-13(4-2)10-17(15)16(14)9-12;1-9(2,3)8-6-4-5-7-8;;;;/h3-7,9-10H,1-2,11H2;4-7H,1-3H3;1H2;2*1H;/q2*-1;;;;+2/p-2. The first-order valence-corrected chi connectivity index (χ1v) is 11.2. The van der Waals surface area contributed by atoms with Gasteiger partial charge in [0.15, 0.2) is 0 Å². The fourth-order valence-electron chi connectivity index (χ4n) is 3.24. The molecule has 0 amide bonds. The summed E-state index contributed by atoms with van der Waals surface area (Å²) < 4.78 is 3.34. The largest absolute Gasteiger partial charge is 1.00 e. The first-order valence-electron chi connectivity index (χ1n) is 9.42. The van der Waals surface area contributed by atoms with E-state index in [1.807, 2.05) is 18.2 Å². The van der Waals surface area contributed by atoms with E-state index in [4.69, 9.17) is 0 Å². The minimum atomic E-state index is 0. The van der Waals surface area contributed by atoms with Gasteiger partial charge >= 0.3 is 28.4 Å². The van der Waals surface area contributed by atoms with Gasteiger partial charge < -0.3 is 24.8 Å². The Balaban J connectivity index is 0.000000558. The maximum Gasteiger partial charge on any atom is -1.00 e. The molecule has 0 N–H and O–H groups in total. The number of benzene rings is 2. The second kappa shape index (κ2) is 13.1. The summed E-state index contributed by atoms with van der Waals surface area (Å²) in [5.74, 6) is 0. The summed E-state index contributed by atoms with van der Waals surface area (Å²) in [6.07, 6.45) is 4.74. The number of hydrogen-bond acceptors (Lipinski definition) is 0. The average molecular weight is 515 g/mol. The topological polar surface area (TPSA) is 0 Å². The number of hydrogen-bond donors (Lipinski definition) is 0. The van der Waals surface area contributed by atoms with Crippen LogP contribution in [0.25, 0.3) is 23.3 Å². The summed E-state index contributed by atoms with van der Waals surface area (Å²) in [6, 6.07) is 22.6. The van der Waals surface area contributed by atoms with Crippen molar-refractivity contribution in [2.24, 2.45) is 0 Å². The molecule has 30 heavy (non-hydrogen) atoms. The van der Waals surface area contributed by atoms with Gasteiger partial charge in [-0.05, 0) is 12.0 Å². The third-order valence-corrected chi connectivity index (χ3v) is 4.84. The maximum atomic E-state index is 3.82. The van der Waals surface area contributed by atoms with Crippen molar-refractivity contribution in [3.8, 4) is 11.1 Å². The summed E-state index contributed by atoms with van der Waals surface area (Å²) in [4.78, 5) is 0. The molecule has 0 spiro atoms. The monoisotopic (exact) mass is 512 g/mol. The molecule has 3 aromatic rings. The predicted octanol–water partition coefficient (Wildman–Crippen LogP) is 1.02. The molecule has 4 rings (SSSR count). The number of halogens is 2. The normalized spacial score (nSPS) is 10.4. The van der Waals surface area contributed by atoms with Crippen LogP contribution < -0.4 is 24.8 Å². The molecule has 0 aromatic heterocycles. The third-order valence-electron chi connectivity index (χ3n) is 4.84. The number of fused-ring (bicyclic) bond motifs is 3. The second-order valence-corrected chi connectivity index (χ2v) is 7.75. The van der Waals surface area contributed by atoms with E-state index in [-0.39, 0.29) is 24.8 Å². The van der Waals surface area contributed by atoms with Crippen LogP contribution in [0, 0.1) is 6.07 Å². The van der Waals surface area contributed by atoms with Crippen molar-refractivity contribution in [2.45, 2.75) is 32.6 Å². The van der Waals surface area contributed by atoms with E-state index in [0.717, 1.165) is 12.0 Å². The van der Waals surface area contributed by atoms with Gasteiger partial charge in [-0.3, -0.25) is 0 Å². The van der Waals surface area contributed by atoms with Crippen molar-refractivity contribution in [1.29, 1.82) is 0 Å². The maximum absolute atomic E-state index is 3.82. The first-order chi connectivity index (χ1) is 13.4. The Morgan fingerprint density at radius 1 is 0.967 bits per heavy atom. The van der Waals surface area contributed by atoms with Crippen LogP contribution in [0.2, 0.25) is 0 Å². The molecule has 0 unspecified atom stereocenters. The van der Waals surface area contributed by atoms with Crippen molar-refractivity contribution in [1.82, 2.24) is 0 Å². The van der Waals surface area contributed by atoms with Gasteiger partial charge in [-0.1, -0.05) is 68.2 Å². The van der Waals surface area contributed by atoms with E-state index < -0.39 is 0 Å². The van der Waals surface area contributed by atoms with Gasteiger partial charge in [0.25, 0.3) is 0 Å². The Morgan fingerprint density at radius 3 is 2.10 bits per heavy atom. The van der Waals surface area contributed by atoms with Gasteiger partial charge in [0.05, 0.1) is 0 Å². The molecule has 0 nitrogen and oxygen atoms in total. The Hall–Kier alpha value is -1.40. The SMILES string of the molecule is C=Cc1c[c-]c2c(c1)-c1cc(C=C)ccc1C2.CC(C)(C)c1cc[cH-]c1.[CH2]=[Zr+2].[Cl-].[Cl-]. The van der Waals surface area contributed by atoms with Crippen LogP contribution in [-0.2, 0) is 36.1 Å². The molecule has 0 atom stereocenters. The van der Waals surface area contributed by atoms with Crippen LogP contribution in [0.1, 0.15) is 48.6 Å². The van der Waals surface area contributed by atoms with Gasteiger partial charge in [-0.15, -0.1) is 23.8 Å². The van der Waals surface area contributed by atoms with Gasteiger partial charge in [0.2, 0.25) is 0 Å². The molecule has 0 saturated heterocycles. The summed E-state index contributed by atoms with van der Waals surface area (Å²) in [7, 11) is 0. The van der Waals surface area contributed by atoms with Crippen molar-refractivity contribution in [3.05, 3.63) is 102 Å².